The molecule has 2 aromatic heterocycles. The Morgan fingerprint density at radius 3 is 1.98 bits per heavy atom. The number of ether oxygens (including phenoxy) is 2. The minimum absolute atomic E-state index is 0.00857. The maximum absolute atomic E-state index is 11.6. The summed E-state index contributed by atoms with van der Waals surface area (Å²) >= 11 is 0. The maximum Gasteiger partial charge on any atom is 0.455 e. The van der Waals surface area contributed by atoms with Gasteiger partial charge in [0, 0.05) is 38.6 Å². The van der Waals surface area contributed by atoms with Crippen LogP contribution in [-0.4, -0.2) is 140 Å². The Morgan fingerprint density at radius 2 is 1.49 bits per heavy atom. The Kier molecular flexibility index (Phi) is 13.7. The fraction of sp³-hybridized carbons (Fsp3) is 0.654. The lowest BCUT2D eigenvalue weighted by molar-refractivity contribution is -0.179. The molecule has 4 unspecified atom stereocenters. The molecule has 3 heterocycles. The van der Waals surface area contributed by atoms with Gasteiger partial charge in [-0.2, -0.15) is 9.97 Å². The molecule has 0 spiro atoms. The van der Waals surface area contributed by atoms with Gasteiger partial charge in [-0.15, -0.1) is 0 Å². The summed E-state index contributed by atoms with van der Waals surface area (Å²) in [6.07, 6.45) is -5.81. The van der Waals surface area contributed by atoms with E-state index in [1.54, 1.807) is 18.7 Å². The first kappa shape index (κ1) is 39.4. The predicted octanol–water partition coefficient (Wildman–Crippen LogP) is -0.883. The number of rotatable bonds is 21. The Labute approximate surface area is 278 Å². The smallest absolute Gasteiger partial charge is 0.455 e. The van der Waals surface area contributed by atoms with Gasteiger partial charge in [0.2, 0.25) is 0 Å². The number of anilines is 1. The average molecular weight is 721 g/mol. The summed E-state index contributed by atoms with van der Waals surface area (Å²) in [5, 5.41) is 48.6. The van der Waals surface area contributed by atoms with Gasteiger partial charge in [-0.1, -0.05) is 0 Å². The lowest BCUT2D eigenvalue weighted by atomic mass is 9.99. The fourth-order valence-corrected chi connectivity index (χ4v) is 5.68. The molecule has 1 aliphatic heterocycles. The van der Waals surface area contributed by atoms with Gasteiger partial charge in [0.25, 0.3) is 0 Å². The number of fused-ring (bicyclic) bond motifs is 1. The molecule has 0 radical (unpaired) electrons. The molecule has 49 heavy (non-hydrogen) atoms. The van der Waals surface area contributed by atoms with Crippen molar-refractivity contribution in [3.05, 3.63) is 6.33 Å². The number of aliphatic hydroxyl groups is 1. The predicted molar refractivity (Wildman–Crippen MR) is 165 cm³/mol. The van der Waals surface area contributed by atoms with Crippen molar-refractivity contribution in [2.24, 2.45) is 5.50 Å². The van der Waals surface area contributed by atoms with E-state index in [2.05, 4.69) is 15.0 Å². The van der Waals surface area contributed by atoms with Gasteiger partial charge in [-0.05, 0) is 13.8 Å². The lowest BCUT2D eigenvalue weighted by Gasteiger charge is -2.41. The highest BCUT2D eigenvalue weighted by Gasteiger charge is 2.45. The van der Waals surface area contributed by atoms with Crippen LogP contribution in [-0.2, 0) is 33.2 Å². The van der Waals surface area contributed by atoms with E-state index in [1.807, 2.05) is 0 Å². The normalized spacial score (nSPS) is 21.0. The molecule has 10 N–H and O–H groups in total. The van der Waals surface area contributed by atoms with E-state index >= 15 is 0 Å². The topological polar surface area (TPSA) is 337 Å². The fourth-order valence-electron chi connectivity index (χ4n) is 5.37. The minimum Gasteiger partial charge on any atom is -0.481 e. The van der Waals surface area contributed by atoms with Crippen LogP contribution in [0.5, 0.6) is 6.01 Å². The zero-order valence-electron chi connectivity index (χ0n) is 26.6. The second-order valence-corrected chi connectivity index (χ2v) is 12.6. The van der Waals surface area contributed by atoms with Crippen LogP contribution < -0.4 is 15.8 Å². The van der Waals surface area contributed by atoms with Crippen LogP contribution in [0.1, 0.15) is 52.2 Å². The highest BCUT2D eigenvalue weighted by atomic mass is 31.2. The number of nitrogens with two attached hydrogens (primary N) is 2. The molecule has 22 nitrogen and oxygen atoms in total. The number of carboxylic acids is 4. The van der Waals surface area contributed by atoms with Crippen LogP contribution >= 0.6 is 7.75 Å². The zero-order valence-corrected chi connectivity index (χ0v) is 27.5. The van der Waals surface area contributed by atoms with E-state index in [-0.39, 0.29) is 75.3 Å². The van der Waals surface area contributed by atoms with E-state index < -0.39 is 74.4 Å². The van der Waals surface area contributed by atoms with Gasteiger partial charge in [-0.25, -0.2) is 15.1 Å². The van der Waals surface area contributed by atoms with E-state index in [0.29, 0.717) is 0 Å². The number of aliphatic hydroxyl groups excluding tert-OH is 1. The first-order valence-corrected chi connectivity index (χ1v) is 16.7. The van der Waals surface area contributed by atoms with Crippen LogP contribution in [0.15, 0.2) is 6.33 Å². The quantitative estimate of drug-likeness (QED) is 0.0573. The number of nitrogens with zero attached hydrogens (tertiary/aromatic N) is 6. The van der Waals surface area contributed by atoms with E-state index in [9.17, 15) is 54.2 Å². The van der Waals surface area contributed by atoms with Crippen LogP contribution in [0.4, 0.5) is 5.82 Å². The van der Waals surface area contributed by atoms with Crippen LogP contribution in [0.2, 0.25) is 0 Å². The Morgan fingerprint density at radius 1 is 0.980 bits per heavy atom. The van der Waals surface area contributed by atoms with Crippen LogP contribution in [0, 0.1) is 0 Å². The van der Waals surface area contributed by atoms with Crippen molar-refractivity contribution in [1.82, 2.24) is 29.3 Å². The molecule has 1 fully saturated rings. The van der Waals surface area contributed by atoms with Crippen molar-refractivity contribution in [3.63, 3.8) is 0 Å². The number of carboxylic acid groups (broad SMARTS) is 4. The second-order valence-electron chi connectivity index (χ2n) is 11.3. The van der Waals surface area contributed by atoms with E-state index in [0.717, 1.165) is 0 Å². The van der Waals surface area contributed by atoms with Gasteiger partial charge in [0.15, 0.2) is 17.0 Å². The molecule has 7 atom stereocenters. The molecular weight excluding hydrogens is 679 g/mol. The number of hydrogen-bond donors (Lipinski definition) is 8. The number of hydrogen-bond acceptors (Lipinski definition) is 15. The van der Waals surface area contributed by atoms with Crippen molar-refractivity contribution < 1.29 is 68.2 Å². The summed E-state index contributed by atoms with van der Waals surface area (Å²) in [5.41, 5.74) is 11.1. The van der Waals surface area contributed by atoms with Crippen molar-refractivity contribution in [3.8, 4) is 6.01 Å². The van der Waals surface area contributed by atoms with Gasteiger partial charge in [0.1, 0.15) is 24.7 Å². The Bertz CT molecular complexity index is 1500. The van der Waals surface area contributed by atoms with Gasteiger partial charge in [0.05, 0.1) is 38.1 Å². The lowest BCUT2D eigenvalue weighted by Crippen LogP contribution is -2.54. The summed E-state index contributed by atoms with van der Waals surface area (Å²) in [6.45, 7) is 2.76. The summed E-state index contributed by atoms with van der Waals surface area (Å²) in [4.78, 5) is 70.0. The molecule has 0 aliphatic carbocycles. The largest absolute Gasteiger partial charge is 0.481 e. The third-order valence-electron chi connectivity index (χ3n) is 7.78. The average Bonchev–Trinajstić information content (AvgIpc) is 3.57. The molecule has 0 aromatic carbocycles. The molecule has 1 aliphatic rings. The van der Waals surface area contributed by atoms with E-state index in [1.165, 1.54) is 15.8 Å². The molecule has 23 heteroatoms. The van der Waals surface area contributed by atoms with E-state index in [4.69, 9.17) is 25.2 Å². The highest BCUT2D eigenvalue weighted by Crippen LogP contribution is 2.37. The number of aliphatic carboxylic acids is 4. The number of imidazole rings is 1. The number of nitrogen functional groups attached to an aromatic ring is 1. The summed E-state index contributed by atoms with van der Waals surface area (Å²) < 4.78 is 30.3. The molecule has 3 rings (SSSR count). The summed E-state index contributed by atoms with van der Waals surface area (Å²) in [7, 11) is -4.57. The van der Waals surface area contributed by atoms with Gasteiger partial charge < -0.3 is 50.2 Å². The van der Waals surface area contributed by atoms with Crippen molar-refractivity contribution >= 4 is 48.6 Å². The standard InChI is InChI=1S/C26H41N8O14P/c1-13(32(7-3-17(36)37)8-4-18(38)39)22(46-14(2)33(9-5-19(40)41)10-6-20(42)43)23-15(35)11-16(47-23)34-12-29-21-24(27)30-26(31-25(21)34)48-49(28,44)45/h12-16,22-23,35H,3-11H2,1-2H3,(H,36,37)(H,38,39)(H,40,41)(H,42,43)(H2,27,30,31)(H3,28,44,45)/t13?,14?,15-,16+,22?,23-/m0/s1. The SMILES string of the molecule is CC(OC(C(C)N(CCC(=O)O)CCC(=O)O)[C@H]1O[C@@H](n2cnc3c(N)nc(OP(N)(=O)O)nc32)C[C@@H]1O)N(CCC(=O)O)CCC(=O)O. The molecule has 0 saturated carbocycles. The Hall–Kier alpha value is -4.02. The van der Waals surface area contributed by atoms with Crippen molar-refractivity contribution in [2.75, 3.05) is 31.9 Å². The van der Waals surface area contributed by atoms with Crippen LogP contribution in [0.25, 0.3) is 11.2 Å². The third-order valence-corrected chi connectivity index (χ3v) is 8.21. The zero-order chi connectivity index (χ0) is 36.6. The first-order valence-electron chi connectivity index (χ1n) is 15.0. The summed E-state index contributed by atoms with van der Waals surface area (Å²) in [6, 6.07) is -1.45. The first-order chi connectivity index (χ1) is 22.9. The summed E-state index contributed by atoms with van der Waals surface area (Å²) in [5.74, 6) is -4.79. The second kappa shape index (κ2) is 17.1. The number of aromatic nitrogens is 4. The molecule has 2 aromatic rings. The molecule has 0 amide bonds. The van der Waals surface area contributed by atoms with Gasteiger partial charge in [-0.3, -0.25) is 33.5 Å². The van der Waals surface area contributed by atoms with Crippen molar-refractivity contribution in [2.45, 2.75) is 82.8 Å². The maximum atomic E-state index is 11.6. The number of carbonyl (C=O) groups is 4. The van der Waals surface area contributed by atoms with Crippen molar-refractivity contribution in [1.29, 1.82) is 0 Å². The third kappa shape index (κ3) is 11.5. The molecular formula is C26H41N8O14P. The highest BCUT2D eigenvalue weighted by molar-refractivity contribution is 7.50. The monoisotopic (exact) mass is 720 g/mol. The molecule has 274 valence electrons. The van der Waals surface area contributed by atoms with Gasteiger partial charge >= 0.3 is 37.6 Å². The van der Waals surface area contributed by atoms with Crippen LogP contribution in [0.3, 0.4) is 0 Å². The Balaban J connectivity index is 2.00. The molecule has 0 bridgehead atoms. The minimum atomic E-state index is -4.57. The molecule has 1 saturated heterocycles.